The van der Waals surface area contributed by atoms with Crippen LogP contribution in [0.4, 0.5) is 0 Å². The Bertz CT molecular complexity index is 576. The highest BCUT2D eigenvalue weighted by molar-refractivity contribution is 6.31. The molecular formula is C19H27ClN2O2. The largest absolute Gasteiger partial charge is 0.507 e. The lowest BCUT2D eigenvalue weighted by molar-refractivity contribution is 0.0599. The number of phenolic OH excluding ortho intramolecular Hbond substituents is 1. The average Bonchev–Trinajstić information content (AvgIpc) is 2.60. The summed E-state index contributed by atoms with van der Waals surface area (Å²) in [5.74, 6) is 0.604. The standard InChI is InChI=1S/C19H27ClN2O2/c20-15-8-9-18(23)16(13-15)19(24)21-10-4-12-22-11-3-6-14-5-1-2-7-17(14)22/h8-9,13-14,17,23H,1-7,10-12H2,(H,21,24)/t14-,17+/m0/s1. The van der Waals surface area contributed by atoms with Gasteiger partial charge in [0.1, 0.15) is 5.75 Å². The van der Waals surface area contributed by atoms with Gasteiger partial charge in [-0.2, -0.15) is 0 Å². The van der Waals surface area contributed by atoms with E-state index in [2.05, 4.69) is 10.2 Å². The molecule has 1 heterocycles. The van der Waals surface area contributed by atoms with E-state index >= 15 is 0 Å². The fraction of sp³-hybridized carbons (Fsp3) is 0.632. The third kappa shape index (κ3) is 4.22. The third-order valence-corrected chi connectivity index (χ3v) is 5.70. The van der Waals surface area contributed by atoms with Crippen molar-refractivity contribution in [3.8, 4) is 5.75 Å². The quantitative estimate of drug-likeness (QED) is 0.794. The number of amides is 1. The number of fused-ring (bicyclic) bond motifs is 1. The number of phenols is 1. The molecule has 0 aromatic heterocycles. The van der Waals surface area contributed by atoms with Crippen molar-refractivity contribution in [3.63, 3.8) is 0 Å². The summed E-state index contributed by atoms with van der Waals surface area (Å²) in [6.45, 7) is 2.87. The zero-order valence-corrected chi connectivity index (χ0v) is 14.9. The van der Waals surface area contributed by atoms with Gasteiger partial charge >= 0.3 is 0 Å². The first kappa shape index (κ1) is 17.6. The second kappa shape index (κ2) is 8.21. The van der Waals surface area contributed by atoms with E-state index in [4.69, 9.17) is 11.6 Å². The van der Waals surface area contributed by atoms with Crippen LogP contribution >= 0.6 is 11.6 Å². The first-order chi connectivity index (χ1) is 11.6. The molecule has 0 bridgehead atoms. The van der Waals surface area contributed by atoms with Crippen molar-refractivity contribution in [2.75, 3.05) is 19.6 Å². The van der Waals surface area contributed by atoms with E-state index in [9.17, 15) is 9.90 Å². The molecular weight excluding hydrogens is 324 g/mol. The van der Waals surface area contributed by atoms with Crippen LogP contribution in [0.3, 0.4) is 0 Å². The smallest absolute Gasteiger partial charge is 0.255 e. The highest BCUT2D eigenvalue weighted by atomic mass is 35.5. The molecule has 0 radical (unpaired) electrons. The van der Waals surface area contributed by atoms with Crippen LogP contribution in [0.15, 0.2) is 18.2 Å². The normalized spacial score (nSPS) is 24.4. The molecule has 2 N–H and O–H groups in total. The number of nitrogens with one attached hydrogen (secondary N) is 1. The van der Waals surface area contributed by atoms with Crippen LogP contribution in [0.1, 0.15) is 55.3 Å². The van der Waals surface area contributed by atoms with Gasteiger partial charge in [-0.25, -0.2) is 0 Å². The summed E-state index contributed by atoms with van der Waals surface area (Å²) in [4.78, 5) is 14.8. The maximum absolute atomic E-state index is 12.2. The number of hydrogen-bond donors (Lipinski definition) is 2. The van der Waals surface area contributed by atoms with Crippen LogP contribution in [0.2, 0.25) is 5.02 Å². The summed E-state index contributed by atoms with van der Waals surface area (Å²) in [5.41, 5.74) is 0.243. The topological polar surface area (TPSA) is 52.6 Å². The lowest BCUT2D eigenvalue weighted by Crippen LogP contribution is -2.47. The Labute approximate surface area is 149 Å². The lowest BCUT2D eigenvalue weighted by atomic mass is 9.78. The van der Waals surface area contributed by atoms with Crippen LogP contribution in [0.25, 0.3) is 0 Å². The van der Waals surface area contributed by atoms with Gasteiger partial charge in [0.15, 0.2) is 0 Å². The molecule has 1 aliphatic carbocycles. The zero-order valence-electron chi connectivity index (χ0n) is 14.1. The molecule has 2 aliphatic rings. The molecule has 24 heavy (non-hydrogen) atoms. The molecule has 5 heteroatoms. The number of carbonyl (C=O) groups is 1. The molecule has 1 saturated carbocycles. The Morgan fingerprint density at radius 2 is 2.04 bits per heavy atom. The Kier molecular flexibility index (Phi) is 6.01. The van der Waals surface area contributed by atoms with E-state index in [1.165, 1.54) is 57.2 Å². The van der Waals surface area contributed by atoms with Crippen molar-refractivity contribution in [1.29, 1.82) is 0 Å². The number of nitrogens with zero attached hydrogens (tertiary/aromatic N) is 1. The third-order valence-electron chi connectivity index (χ3n) is 5.47. The van der Waals surface area contributed by atoms with Crippen molar-refractivity contribution < 1.29 is 9.90 Å². The van der Waals surface area contributed by atoms with E-state index in [0.717, 1.165) is 24.9 Å². The number of hydrogen-bond acceptors (Lipinski definition) is 3. The van der Waals surface area contributed by atoms with Gasteiger partial charge in [0.05, 0.1) is 5.56 Å². The van der Waals surface area contributed by atoms with Gasteiger partial charge in [0.2, 0.25) is 0 Å². The first-order valence-electron chi connectivity index (χ1n) is 9.16. The first-order valence-corrected chi connectivity index (χ1v) is 9.53. The molecule has 1 aromatic rings. The molecule has 4 nitrogen and oxygen atoms in total. The van der Waals surface area contributed by atoms with Gasteiger partial charge in [0, 0.05) is 24.2 Å². The summed E-state index contributed by atoms with van der Waals surface area (Å²) < 4.78 is 0. The van der Waals surface area contributed by atoms with E-state index in [-0.39, 0.29) is 17.2 Å². The van der Waals surface area contributed by atoms with Gasteiger partial charge in [0.25, 0.3) is 5.91 Å². The van der Waals surface area contributed by atoms with Crippen LogP contribution in [-0.2, 0) is 0 Å². The van der Waals surface area contributed by atoms with E-state index in [0.29, 0.717) is 11.6 Å². The van der Waals surface area contributed by atoms with Crippen LogP contribution in [0, 0.1) is 5.92 Å². The Balaban J connectivity index is 1.45. The summed E-state index contributed by atoms with van der Waals surface area (Å²) in [6.07, 6.45) is 9.14. The monoisotopic (exact) mass is 350 g/mol. The van der Waals surface area contributed by atoms with Crippen molar-refractivity contribution in [3.05, 3.63) is 28.8 Å². The molecule has 1 amide bonds. The van der Waals surface area contributed by atoms with Gasteiger partial charge in [-0.15, -0.1) is 0 Å². The highest BCUT2D eigenvalue weighted by Crippen LogP contribution is 2.35. The summed E-state index contributed by atoms with van der Waals surface area (Å²) >= 11 is 5.89. The lowest BCUT2D eigenvalue weighted by Gasteiger charge is -2.44. The Morgan fingerprint density at radius 3 is 2.92 bits per heavy atom. The summed E-state index contributed by atoms with van der Waals surface area (Å²) in [5, 5.41) is 13.1. The molecule has 2 atom stereocenters. The molecule has 2 fully saturated rings. The van der Waals surface area contributed by atoms with Crippen LogP contribution in [0.5, 0.6) is 5.75 Å². The zero-order chi connectivity index (χ0) is 16.9. The maximum atomic E-state index is 12.2. The number of benzene rings is 1. The summed E-state index contributed by atoms with van der Waals surface area (Å²) in [6, 6.07) is 5.29. The van der Waals surface area contributed by atoms with Crippen molar-refractivity contribution in [2.24, 2.45) is 5.92 Å². The fourth-order valence-corrected chi connectivity index (χ4v) is 4.45. The number of halogens is 1. The Hall–Kier alpha value is -1.26. The average molecular weight is 351 g/mol. The minimum Gasteiger partial charge on any atom is -0.507 e. The van der Waals surface area contributed by atoms with Crippen LogP contribution < -0.4 is 5.32 Å². The molecule has 1 aromatic carbocycles. The SMILES string of the molecule is O=C(NCCCN1CCC[C@@H]2CCCC[C@H]21)c1cc(Cl)ccc1O. The second-order valence-corrected chi connectivity index (χ2v) is 7.50. The van der Waals surface area contributed by atoms with Gasteiger partial charge in [-0.05, 0) is 62.8 Å². The van der Waals surface area contributed by atoms with E-state index in [1.54, 1.807) is 6.07 Å². The van der Waals surface area contributed by atoms with Crippen LogP contribution in [-0.4, -0.2) is 41.6 Å². The summed E-state index contributed by atoms with van der Waals surface area (Å²) in [7, 11) is 0. The fourth-order valence-electron chi connectivity index (χ4n) is 4.27. The van der Waals surface area contributed by atoms with Crippen molar-refractivity contribution in [1.82, 2.24) is 10.2 Å². The number of likely N-dealkylation sites (tertiary alicyclic amines) is 1. The van der Waals surface area contributed by atoms with Gasteiger partial charge < -0.3 is 15.3 Å². The number of carbonyl (C=O) groups excluding carboxylic acids is 1. The molecule has 1 saturated heterocycles. The second-order valence-electron chi connectivity index (χ2n) is 7.06. The Morgan fingerprint density at radius 1 is 1.25 bits per heavy atom. The van der Waals surface area contributed by atoms with Crippen molar-refractivity contribution >= 4 is 17.5 Å². The minimum absolute atomic E-state index is 0.0297. The predicted molar refractivity (Wildman–Crippen MR) is 96.6 cm³/mol. The molecule has 0 unspecified atom stereocenters. The minimum atomic E-state index is -0.260. The van der Waals surface area contributed by atoms with E-state index < -0.39 is 0 Å². The van der Waals surface area contributed by atoms with Crippen molar-refractivity contribution in [2.45, 2.75) is 51.0 Å². The molecule has 132 valence electrons. The highest BCUT2D eigenvalue weighted by Gasteiger charge is 2.32. The van der Waals surface area contributed by atoms with Gasteiger partial charge in [-0.1, -0.05) is 24.4 Å². The molecule has 3 rings (SSSR count). The number of piperidine rings is 1. The van der Waals surface area contributed by atoms with E-state index in [1.807, 2.05) is 0 Å². The molecule has 0 spiro atoms. The number of aromatic hydroxyl groups is 1. The molecule has 1 aliphatic heterocycles. The van der Waals surface area contributed by atoms with Gasteiger partial charge in [-0.3, -0.25) is 4.79 Å². The maximum Gasteiger partial charge on any atom is 0.255 e. The predicted octanol–water partition coefficient (Wildman–Crippen LogP) is 3.82. The number of rotatable bonds is 5.